The predicted octanol–water partition coefficient (Wildman–Crippen LogP) is 3.75. The number of ether oxygens (including phenoxy) is 1. The van der Waals surface area contributed by atoms with Gasteiger partial charge >= 0.3 is 5.97 Å². The Morgan fingerprint density at radius 1 is 1.19 bits per heavy atom. The fraction of sp³-hybridized carbons (Fsp3) is 0.278. The van der Waals surface area contributed by atoms with E-state index in [1.165, 1.54) is 12.5 Å². The number of esters is 1. The maximum Gasteiger partial charge on any atom is 0.359 e. The van der Waals surface area contributed by atoms with E-state index in [1.807, 2.05) is 24.3 Å². The summed E-state index contributed by atoms with van der Waals surface area (Å²) >= 11 is 17.7. The summed E-state index contributed by atoms with van der Waals surface area (Å²) in [6, 6.07) is 7.93. The number of pyridine rings is 1. The molecular formula is C18H16Cl3N3O3. The molecule has 0 spiro atoms. The number of carbonyl (C=O) groups excluding carboxylic acids is 2. The standard InChI is InChI=1S/C18H16Cl3N3O3/c1-9(17(25)24-7-6-10-4-2-3-5-11(10)8-24)27-18(26)15-12(19)14(22)13(20)16(21)23-15/h2-5,9H,6-8H2,1H3,(H2,22,23). The van der Waals surface area contributed by atoms with Gasteiger partial charge < -0.3 is 15.4 Å². The van der Waals surface area contributed by atoms with Crippen molar-refractivity contribution in [3.63, 3.8) is 0 Å². The Hall–Kier alpha value is -2.02. The number of hydrogen-bond donors (Lipinski definition) is 1. The highest BCUT2D eigenvalue weighted by Gasteiger charge is 2.29. The average Bonchev–Trinajstić information content (AvgIpc) is 2.67. The van der Waals surface area contributed by atoms with Crippen molar-refractivity contribution < 1.29 is 14.3 Å². The number of anilines is 1. The molecule has 0 aliphatic carbocycles. The molecule has 1 aromatic carbocycles. The molecule has 1 aliphatic heterocycles. The van der Waals surface area contributed by atoms with Gasteiger partial charge in [-0.05, 0) is 24.5 Å². The van der Waals surface area contributed by atoms with Gasteiger partial charge in [-0.25, -0.2) is 9.78 Å². The van der Waals surface area contributed by atoms with Crippen LogP contribution in [0.5, 0.6) is 0 Å². The number of nitrogens with zero attached hydrogens (tertiary/aromatic N) is 2. The number of halogens is 3. The van der Waals surface area contributed by atoms with Crippen molar-refractivity contribution >= 4 is 52.4 Å². The van der Waals surface area contributed by atoms with Crippen LogP contribution in [-0.4, -0.2) is 34.4 Å². The summed E-state index contributed by atoms with van der Waals surface area (Å²) in [4.78, 5) is 30.5. The Bertz CT molecular complexity index is 920. The lowest BCUT2D eigenvalue weighted by Crippen LogP contribution is -2.42. The molecule has 2 heterocycles. The Kier molecular flexibility index (Phi) is 5.79. The topological polar surface area (TPSA) is 85.5 Å². The Labute approximate surface area is 171 Å². The van der Waals surface area contributed by atoms with Gasteiger partial charge in [-0.3, -0.25) is 4.79 Å². The number of rotatable bonds is 3. The van der Waals surface area contributed by atoms with E-state index < -0.39 is 12.1 Å². The van der Waals surface area contributed by atoms with Crippen molar-refractivity contribution in [3.05, 3.63) is 56.3 Å². The summed E-state index contributed by atoms with van der Waals surface area (Å²) in [6.07, 6.45) is -0.268. The van der Waals surface area contributed by atoms with E-state index in [1.54, 1.807) is 4.90 Å². The molecule has 1 atom stereocenters. The second-order valence-corrected chi connectivity index (χ2v) is 7.23. The molecule has 1 unspecified atom stereocenters. The minimum absolute atomic E-state index is 0.0469. The molecule has 1 aromatic heterocycles. The van der Waals surface area contributed by atoms with Crippen LogP contribution in [0, 0.1) is 0 Å². The van der Waals surface area contributed by atoms with Gasteiger partial charge in [0.05, 0.1) is 10.7 Å². The van der Waals surface area contributed by atoms with Gasteiger partial charge in [-0.1, -0.05) is 59.1 Å². The third kappa shape index (κ3) is 3.98. The Morgan fingerprint density at radius 2 is 1.85 bits per heavy atom. The molecule has 2 N–H and O–H groups in total. The molecule has 0 fully saturated rings. The number of nitrogen functional groups attached to an aromatic ring is 1. The molecule has 9 heteroatoms. The molecule has 0 saturated heterocycles. The van der Waals surface area contributed by atoms with Crippen molar-refractivity contribution in [1.82, 2.24) is 9.88 Å². The van der Waals surface area contributed by atoms with Crippen LogP contribution in [0.15, 0.2) is 24.3 Å². The van der Waals surface area contributed by atoms with E-state index >= 15 is 0 Å². The van der Waals surface area contributed by atoms with Gasteiger partial charge in [0.2, 0.25) is 0 Å². The lowest BCUT2D eigenvalue weighted by Gasteiger charge is -2.30. The monoisotopic (exact) mass is 427 g/mol. The highest BCUT2D eigenvalue weighted by Crippen LogP contribution is 2.34. The van der Waals surface area contributed by atoms with Crippen molar-refractivity contribution in [3.8, 4) is 0 Å². The van der Waals surface area contributed by atoms with Crippen LogP contribution in [0.2, 0.25) is 15.2 Å². The van der Waals surface area contributed by atoms with Crippen LogP contribution in [-0.2, 0) is 22.5 Å². The van der Waals surface area contributed by atoms with Crippen LogP contribution in [0.4, 0.5) is 5.69 Å². The van der Waals surface area contributed by atoms with Crippen molar-refractivity contribution in [2.45, 2.75) is 26.0 Å². The summed E-state index contributed by atoms with van der Waals surface area (Å²) in [5.41, 5.74) is 7.64. The van der Waals surface area contributed by atoms with Crippen molar-refractivity contribution in [2.24, 2.45) is 0 Å². The maximum absolute atomic E-state index is 12.7. The number of fused-ring (bicyclic) bond motifs is 1. The fourth-order valence-corrected chi connectivity index (χ4v) is 3.46. The summed E-state index contributed by atoms with van der Waals surface area (Å²) in [6.45, 7) is 2.52. The lowest BCUT2D eigenvalue weighted by atomic mass is 9.99. The number of carbonyl (C=O) groups is 2. The van der Waals surface area contributed by atoms with E-state index in [4.69, 9.17) is 45.3 Å². The normalized spacial score (nSPS) is 14.4. The second kappa shape index (κ2) is 7.92. The third-order valence-corrected chi connectivity index (χ3v) is 5.47. The smallest absolute Gasteiger partial charge is 0.359 e. The van der Waals surface area contributed by atoms with Gasteiger partial charge in [0.1, 0.15) is 5.02 Å². The summed E-state index contributed by atoms with van der Waals surface area (Å²) in [5.74, 6) is -1.20. The molecule has 1 amide bonds. The number of nitrogens with two attached hydrogens (primary N) is 1. The Morgan fingerprint density at radius 3 is 2.56 bits per heavy atom. The summed E-state index contributed by atoms with van der Waals surface area (Å²) in [7, 11) is 0. The zero-order valence-electron chi connectivity index (χ0n) is 14.3. The first-order chi connectivity index (χ1) is 12.8. The van der Waals surface area contributed by atoms with Crippen molar-refractivity contribution in [1.29, 1.82) is 0 Å². The zero-order chi connectivity index (χ0) is 19.7. The van der Waals surface area contributed by atoms with Gasteiger partial charge in [0.25, 0.3) is 5.91 Å². The summed E-state index contributed by atoms with van der Waals surface area (Å²) < 4.78 is 5.24. The molecule has 3 rings (SSSR count). The fourth-order valence-electron chi connectivity index (χ4n) is 2.87. The second-order valence-electron chi connectivity index (χ2n) is 6.12. The van der Waals surface area contributed by atoms with E-state index in [9.17, 15) is 9.59 Å². The first-order valence-corrected chi connectivity index (χ1v) is 9.29. The predicted molar refractivity (Wildman–Crippen MR) is 104 cm³/mol. The van der Waals surface area contributed by atoms with Gasteiger partial charge in [-0.2, -0.15) is 0 Å². The molecular weight excluding hydrogens is 413 g/mol. The minimum Gasteiger partial charge on any atom is -0.448 e. The molecule has 1 aliphatic rings. The summed E-state index contributed by atoms with van der Waals surface area (Å²) in [5, 5.41) is -0.382. The number of amides is 1. The molecule has 27 heavy (non-hydrogen) atoms. The van der Waals surface area contributed by atoms with Gasteiger partial charge in [-0.15, -0.1) is 0 Å². The number of benzene rings is 1. The first-order valence-electron chi connectivity index (χ1n) is 8.16. The van der Waals surface area contributed by atoms with E-state index in [2.05, 4.69) is 4.98 Å². The molecule has 6 nitrogen and oxygen atoms in total. The molecule has 0 saturated carbocycles. The van der Waals surface area contributed by atoms with Crippen molar-refractivity contribution in [2.75, 3.05) is 12.3 Å². The molecule has 142 valence electrons. The van der Waals surface area contributed by atoms with Crippen LogP contribution in [0.3, 0.4) is 0 Å². The van der Waals surface area contributed by atoms with E-state index in [0.29, 0.717) is 13.1 Å². The first kappa shape index (κ1) is 19.7. The lowest BCUT2D eigenvalue weighted by molar-refractivity contribution is -0.140. The van der Waals surface area contributed by atoms with Crippen LogP contribution >= 0.6 is 34.8 Å². The average molecular weight is 429 g/mol. The third-order valence-electron chi connectivity index (χ3n) is 4.34. The quantitative estimate of drug-likeness (QED) is 0.594. The number of hydrogen-bond acceptors (Lipinski definition) is 5. The highest BCUT2D eigenvalue weighted by molar-refractivity contribution is 6.46. The van der Waals surface area contributed by atoms with Crippen LogP contribution in [0.25, 0.3) is 0 Å². The number of aromatic nitrogens is 1. The van der Waals surface area contributed by atoms with E-state index in [0.717, 1.165) is 12.0 Å². The Balaban J connectivity index is 1.71. The minimum atomic E-state index is -1.02. The largest absolute Gasteiger partial charge is 0.448 e. The zero-order valence-corrected chi connectivity index (χ0v) is 16.6. The SMILES string of the molecule is CC(OC(=O)c1nc(Cl)c(Cl)c(N)c1Cl)C(=O)N1CCc2ccccc2C1. The molecule has 0 radical (unpaired) electrons. The van der Waals surface area contributed by atoms with E-state index in [-0.39, 0.29) is 32.5 Å². The highest BCUT2D eigenvalue weighted by atomic mass is 35.5. The van der Waals surface area contributed by atoms with Gasteiger partial charge in [0.15, 0.2) is 17.0 Å². The van der Waals surface area contributed by atoms with Crippen LogP contribution < -0.4 is 5.73 Å². The van der Waals surface area contributed by atoms with Gasteiger partial charge in [0, 0.05) is 13.1 Å². The maximum atomic E-state index is 12.7. The van der Waals surface area contributed by atoms with Crippen LogP contribution in [0.1, 0.15) is 28.5 Å². The molecule has 2 aromatic rings. The molecule has 0 bridgehead atoms.